The van der Waals surface area contributed by atoms with E-state index in [1.165, 1.54) is 39.4 Å². The topological polar surface area (TPSA) is 62.2 Å². The summed E-state index contributed by atoms with van der Waals surface area (Å²) >= 11 is 4.36. The molecule has 3 rings (SSSR count). The summed E-state index contributed by atoms with van der Waals surface area (Å²) in [7, 11) is 0. The van der Waals surface area contributed by atoms with Crippen molar-refractivity contribution < 1.29 is 9.90 Å². The van der Waals surface area contributed by atoms with Gasteiger partial charge in [0, 0.05) is 16.6 Å². The zero-order valence-corrected chi connectivity index (χ0v) is 18.9. The lowest BCUT2D eigenvalue weighted by Crippen LogP contribution is -1.95. The van der Waals surface area contributed by atoms with E-state index < -0.39 is 5.97 Å². The van der Waals surface area contributed by atoms with Crippen LogP contribution in [0.3, 0.4) is 0 Å². The van der Waals surface area contributed by atoms with Crippen molar-refractivity contribution in [1.29, 1.82) is 0 Å². The van der Waals surface area contributed by atoms with Gasteiger partial charge in [0.05, 0.1) is 9.90 Å². The van der Waals surface area contributed by atoms with E-state index in [0.717, 1.165) is 26.3 Å². The quantitative estimate of drug-likeness (QED) is 0.414. The SMILES string of the molecule is Br.CSc1sc(C(=O)O)cc1-c1csc(Nc2cc(C)c(C)cc2C)n1. The monoisotopic (exact) mass is 470 g/mol. The molecule has 0 amide bonds. The predicted octanol–water partition coefficient (Wildman–Crippen LogP) is 6.54. The van der Waals surface area contributed by atoms with Crippen LogP contribution in [-0.4, -0.2) is 22.3 Å². The van der Waals surface area contributed by atoms with E-state index >= 15 is 0 Å². The molecule has 138 valence electrons. The first-order valence-corrected chi connectivity index (χ1v) is 10.5. The lowest BCUT2D eigenvalue weighted by molar-refractivity contribution is 0.0702. The molecule has 0 aliphatic rings. The molecule has 0 aliphatic carbocycles. The summed E-state index contributed by atoms with van der Waals surface area (Å²) in [6, 6.07) is 6.00. The van der Waals surface area contributed by atoms with Gasteiger partial charge in [0.15, 0.2) is 5.13 Å². The van der Waals surface area contributed by atoms with Crippen LogP contribution in [0.4, 0.5) is 10.8 Å². The Labute approximate surface area is 175 Å². The first-order valence-electron chi connectivity index (χ1n) is 7.61. The van der Waals surface area contributed by atoms with Crippen molar-refractivity contribution in [2.75, 3.05) is 11.6 Å². The van der Waals surface area contributed by atoms with Gasteiger partial charge in [-0.05, 0) is 55.9 Å². The van der Waals surface area contributed by atoms with Crippen LogP contribution in [-0.2, 0) is 0 Å². The van der Waals surface area contributed by atoms with Crippen LogP contribution in [0.2, 0.25) is 0 Å². The number of anilines is 2. The van der Waals surface area contributed by atoms with E-state index in [1.807, 2.05) is 11.6 Å². The van der Waals surface area contributed by atoms with Gasteiger partial charge in [-0.2, -0.15) is 0 Å². The van der Waals surface area contributed by atoms with Gasteiger partial charge in [0.25, 0.3) is 0 Å². The van der Waals surface area contributed by atoms with Gasteiger partial charge >= 0.3 is 5.97 Å². The highest BCUT2D eigenvalue weighted by molar-refractivity contribution is 8.93. The second-order valence-corrected chi connectivity index (χ2v) is 8.72. The number of thiazole rings is 1. The number of carbonyl (C=O) groups is 1. The molecule has 2 N–H and O–H groups in total. The zero-order chi connectivity index (χ0) is 18.1. The number of rotatable bonds is 5. The zero-order valence-electron chi connectivity index (χ0n) is 14.7. The van der Waals surface area contributed by atoms with Gasteiger partial charge in [-0.15, -0.1) is 51.4 Å². The molecule has 4 nitrogen and oxygen atoms in total. The third-order valence-corrected chi connectivity index (χ3v) is 6.97. The van der Waals surface area contributed by atoms with Gasteiger partial charge in [0.1, 0.15) is 4.88 Å². The number of halogens is 1. The molecule has 1 aromatic carbocycles. The van der Waals surface area contributed by atoms with E-state index in [9.17, 15) is 9.90 Å². The lowest BCUT2D eigenvalue weighted by atomic mass is 10.1. The Kier molecular flexibility index (Phi) is 6.90. The molecular formula is C18H19BrN2O2S3. The highest BCUT2D eigenvalue weighted by Gasteiger charge is 2.17. The first-order chi connectivity index (χ1) is 11.9. The van der Waals surface area contributed by atoms with Gasteiger partial charge in [-0.1, -0.05) is 6.07 Å². The van der Waals surface area contributed by atoms with Gasteiger partial charge in [0.2, 0.25) is 0 Å². The lowest BCUT2D eigenvalue weighted by Gasteiger charge is -2.10. The predicted molar refractivity (Wildman–Crippen MR) is 118 cm³/mol. The molecule has 0 spiro atoms. The average Bonchev–Trinajstić information content (AvgIpc) is 3.18. The number of aromatic nitrogens is 1. The van der Waals surface area contributed by atoms with Crippen LogP contribution >= 0.6 is 51.4 Å². The normalized spacial score (nSPS) is 10.5. The molecule has 0 fully saturated rings. The van der Waals surface area contributed by atoms with Crippen molar-refractivity contribution in [2.24, 2.45) is 0 Å². The smallest absolute Gasteiger partial charge is 0.345 e. The van der Waals surface area contributed by atoms with E-state index in [0.29, 0.717) is 4.88 Å². The van der Waals surface area contributed by atoms with Crippen molar-refractivity contribution >= 4 is 68.2 Å². The van der Waals surface area contributed by atoms with Gasteiger partial charge in [-0.25, -0.2) is 9.78 Å². The van der Waals surface area contributed by atoms with Gasteiger partial charge < -0.3 is 10.4 Å². The van der Waals surface area contributed by atoms with Crippen molar-refractivity contribution in [3.63, 3.8) is 0 Å². The van der Waals surface area contributed by atoms with Crippen LogP contribution in [0.1, 0.15) is 26.4 Å². The number of nitrogens with one attached hydrogen (secondary N) is 1. The molecule has 0 radical (unpaired) electrons. The maximum atomic E-state index is 11.2. The summed E-state index contributed by atoms with van der Waals surface area (Å²) in [4.78, 5) is 16.2. The molecule has 0 saturated heterocycles. The Bertz CT molecular complexity index is 950. The number of nitrogens with zero attached hydrogens (tertiary/aromatic N) is 1. The number of thiophene rings is 1. The number of hydrogen-bond donors (Lipinski definition) is 2. The Morgan fingerprint density at radius 3 is 2.50 bits per heavy atom. The number of carboxylic acid groups (broad SMARTS) is 1. The van der Waals surface area contributed by atoms with Crippen LogP contribution in [0, 0.1) is 20.8 Å². The standard InChI is InChI=1S/C18H18N2O2S3.BrH/c1-9-5-11(3)13(6-10(9)2)19-18-20-14(8-24-18)12-7-15(16(21)22)25-17(12)23-4;/h5-8H,1-4H3,(H,19,20)(H,21,22);1H. The van der Waals surface area contributed by atoms with E-state index in [2.05, 4.69) is 43.2 Å². The first kappa shape index (κ1) is 21.0. The molecule has 0 atom stereocenters. The minimum Gasteiger partial charge on any atom is -0.477 e. The Hall–Kier alpha value is -1.35. The summed E-state index contributed by atoms with van der Waals surface area (Å²) in [6.07, 6.45) is 1.95. The number of thioether (sulfide) groups is 1. The third-order valence-electron chi connectivity index (χ3n) is 3.96. The van der Waals surface area contributed by atoms with Crippen molar-refractivity contribution in [3.05, 3.63) is 45.1 Å². The van der Waals surface area contributed by atoms with Gasteiger partial charge in [-0.3, -0.25) is 0 Å². The minimum absolute atomic E-state index is 0. The third kappa shape index (κ3) is 4.31. The fourth-order valence-corrected chi connectivity index (χ4v) is 4.92. The molecule has 0 bridgehead atoms. The van der Waals surface area contributed by atoms with Crippen molar-refractivity contribution in [3.8, 4) is 11.3 Å². The van der Waals surface area contributed by atoms with Crippen molar-refractivity contribution in [2.45, 2.75) is 25.0 Å². The fraction of sp³-hybridized carbons (Fsp3) is 0.222. The van der Waals surface area contributed by atoms with E-state index in [1.54, 1.807) is 17.8 Å². The second-order valence-electron chi connectivity index (χ2n) is 5.74. The Morgan fingerprint density at radius 2 is 1.85 bits per heavy atom. The van der Waals surface area contributed by atoms with Crippen LogP contribution in [0.25, 0.3) is 11.3 Å². The maximum Gasteiger partial charge on any atom is 0.345 e. The summed E-state index contributed by atoms with van der Waals surface area (Å²) in [5.41, 5.74) is 6.42. The molecule has 26 heavy (non-hydrogen) atoms. The highest BCUT2D eigenvalue weighted by Crippen LogP contribution is 2.39. The molecule has 0 saturated carbocycles. The molecule has 0 unspecified atom stereocenters. The van der Waals surface area contributed by atoms with Crippen molar-refractivity contribution in [1.82, 2.24) is 4.98 Å². The maximum absolute atomic E-state index is 11.2. The summed E-state index contributed by atoms with van der Waals surface area (Å²) in [6.45, 7) is 6.28. The number of aryl methyl sites for hydroxylation is 3. The molecule has 0 aliphatic heterocycles. The number of aromatic carboxylic acids is 1. The average molecular weight is 471 g/mol. The van der Waals surface area contributed by atoms with E-state index in [4.69, 9.17) is 0 Å². The van der Waals surface area contributed by atoms with E-state index in [-0.39, 0.29) is 17.0 Å². The number of benzene rings is 1. The summed E-state index contributed by atoms with van der Waals surface area (Å²) in [5, 5.41) is 15.4. The minimum atomic E-state index is -0.897. The molecule has 2 aromatic heterocycles. The van der Waals surface area contributed by atoms with Crippen LogP contribution in [0.15, 0.2) is 27.8 Å². The number of hydrogen-bond acceptors (Lipinski definition) is 6. The van der Waals surface area contributed by atoms with Crippen LogP contribution in [0.5, 0.6) is 0 Å². The summed E-state index contributed by atoms with van der Waals surface area (Å²) in [5.74, 6) is -0.897. The summed E-state index contributed by atoms with van der Waals surface area (Å²) < 4.78 is 0.969. The molecule has 8 heteroatoms. The second kappa shape index (κ2) is 8.56. The number of carboxylic acids is 1. The Morgan fingerprint density at radius 1 is 1.15 bits per heavy atom. The Balaban J connectivity index is 0.00000243. The molecular weight excluding hydrogens is 452 g/mol. The highest BCUT2D eigenvalue weighted by atomic mass is 79.9. The largest absolute Gasteiger partial charge is 0.477 e. The molecule has 2 heterocycles. The van der Waals surface area contributed by atoms with Crippen LogP contribution < -0.4 is 5.32 Å². The fourth-order valence-electron chi connectivity index (χ4n) is 2.48. The molecule has 3 aromatic rings.